The van der Waals surface area contributed by atoms with E-state index in [2.05, 4.69) is 6.92 Å². The number of phenolic OH excluding ortho intramolecular Hbond substituents is 1. The van der Waals surface area contributed by atoms with Gasteiger partial charge in [0.25, 0.3) is 0 Å². The number of carbonyl (C=O) groups is 2. The number of carbonyl (C=O) groups excluding carboxylic acids is 2. The number of benzene rings is 2. The second-order valence-corrected chi connectivity index (χ2v) is 11.0. The summed E-state index contributed by atoms with van der Waals surface area (Å²) in [5.41, 5.74) is 4.09. The van der Waals surface area contributed by atoms with Crippen LogP contribution < -0.4 is 4.90 Å². The van der Waals surface area contributed by atoms with Crippen LogP contribution in [0.25, 0.3) is 6.08 Å². The fourth-order valence-electron chi connectivity index (χ4n) is 6.50. The first kappa shape index (κ1) is 27.7. The first-order valence-corrected chi connectivity index (χ1v) is 14.0. The Balaban J connectivity index is 1.42. The number of amides is 2. The zero-order valence-corrected chi connectivity index (χ0v) is 22.7. The zero-order valence-electron chi connectivity index (χ0n) is 21.9. The molecule has 0 radical (unpaired) electrons. The van der Waals surface area contributed by atoms with Crippen LogP contribution >= 0.6 is 11.6 Å². The number of aliphatic hydroxyl groups is 1. The van der Waals surface area contributed by atoms with Gasteiger partial charge in [-0.05, 0) is 85.0 Å². The van der Waals surface area contributed by atoms with Crippen LogP contribution in [-0.4, -0.2) is 46.9 Å². The molecule has 1 aliphatic carbocycles. The summed E-state index contributed by atoms with van der Waals surface area (Å²) < 4.78 is 6.02. The van der Waals surface area contributed by atoms with Gasteiger partial charge in [-0.3, -0.25) is 14.5 Å². The summed E-state index contributed by atoms with van der Waals surface area (Å²) in [6.07, 6.45) is 5.04. The molecule has 3 aliphatic rings. The standard InChI is InChI=1S/C30H33BClNO6/c1-2-6-18(13-19-10-11-22(35)15-25(19)32)9-12-26-27-20(17-34)14-23-28(24(27)16-31(38)39-26)30(37)33(29(23)36)21-7-4-3-5-8-21/h3-5,7-8,10-11,13,15,23-24,26,28,34-35,38H,2,6,9,12,14,16-17H2,1H3/b18-13+/t23-,24+,26-,28-/m1/s1. The van der Waals surface area contributed by atoms with E-state index in [1.807, 2.05) is 12.1 Å². The Bertz CT molecular complexity index is 1310. The summed E-state index contributed by atoms with van der Waals surface area (Å²) >= 11 is 6.34. The highest BCUT2D eigenvalue weighted by molar-refractivity contribution is 6.43. The Morgan fingerprint density at radius 3 is 2.59 bits per heavy atom. The summed E-state index contributed by atoms with van der Waals surface area (Å²) in [6, 6.07) is 13.8. The van der Waals surface area contributed by atoms with E-state index in [0.717, 1.165) is 35.1 Å². The molecular weight excluding hydrogens is 517 g/mol. The van der Waals surface area contributed by atoms with E-state index < -0.39 is 25.1 Å². The number of hydrogen-bond donors (Lipinski definition) is 3. The number of aliphatic hydroxyl groups excluding tert-OH is 1. The number of para-hydroxylation sites is 1. The summed E-state index contributed by atoms with van der Waals surface area (Å²) in [7, 11) is -1.07. The molecule has 2 amide bonds. The van der Waals surface area contributed by atoms with Crippen molar-refractivity contribution in [2.24, 2.45) is 17.8 Å². The van der Waals surface area contributed by atoms with Crippen LogP contribution in [0, 0.1) is 17.8 Å². The third kappa shape index (κ3) is 5.44. The normalized spacial score (nSPS) is 25.3. The Kier molecular flexibility index (Phi) is 8.28. The first-order chi connectivity index (χ1) is 18.8. The third-order valence-electron chi connectivity index (χ3n) is 8.16. The topological polar surface area (TPSA) is 107 Å². The van der Waals surface area contributed by atoms with Gasteiger partial charge in [-0.25, -0.2) is 0 Å². The molecule has 5 rings (SSSR count). The number of allylic oxidation sites excluding steroid dienone is 1. The Morgan fingerprint density at radius 2 is 1.90 bits per heavy atom. The van der Waals surface area contributed by atoms with E-state index in [1.165, 1.54) is 11.0 Å². The summed E-state index contributed by atoms with van der Waals surface area (Å²) in [4.78, 5) is 28.4. The number of hydrogen-bond acceptors (Lipinski definition) is 6. The van der Waals surface area contributed by atoms with Crippen molar-refractivity contribution in [1.82, 2.24) is 0 Å². The van der Waals surface area contributed by atoms with Gasteiger partial charge in [0.2, 0.25) is 11.8 Å². The molecule has 2 aromatic carbocycles. The van der Waals surface area contributed by atoms with Gasteiger partial charge in [-0.1, -0.05) is 54.8 Å². The molecule has 2 aliphatic heterocycles. The van der Waals surface area contributed by atoms with Crippen LogP contribution in [0.5, 0.6) is 5.75 Å². The van der Waals surface area contributed by atoms with Gasteiger partial charge in [0.05, 0.1) is 35.3 Å². The minimum Gasteiger partial charge on any atom is -0.508 e. The van der Waals surface area contributed by atoms with Crippen LogP contribution in [0.2, 0.25) is 11.3 Å². The maximum absolute atomic E-state index is 13.7. The number of nitrogens with zero attached hydrogens (tertiary/aromatic N) is 1. The number of anilines is 1. The van der Waals surface area contributed by atoms with Crippen molar-refractivity contribution in [1.29, 1.82) is 0 Å². The van der Waals surface area contributed by atoms with Crippen molar-refractivity contribution in [3.05, 3.63) is 75.8 Å². The minimum absolute atomic E-state index is 0.106. The maximum atomic E-state index is 13.7. The molecule has 2 saturated heterocycles. The Labute approximate surface area is 233 Å². The van der Waals surface area contributed by atoms with Gasteiger partial charge >= 0.3 is 7.12 Å². The maximum Gasteiger partial charge on any atom is 0.455 e. The fourth-order valence-corrected chi connectivity index (χ4v) is 6.73. The number of aromatic hydroxyl groups is 1. The third-order valence-corrected chi connectivity index (χ3v) is 8.48. The molecule has 2 fully saturated rings. The van der Waals surface area contributed by atoms with Crippen molar-refractivity contribution in [2.45, 2.75) is 51.5 Å². The number of fused-ring (bicyclic) bond motifs is 3. The summed E-state index contributed by atoms with van der Waals surface area (Å²) in [5.74, 6) is -1.93. The first-order valence-electron chi connectivity index (χ1n) is 13.6. The molecule has 0 saturated carbocycles. The predicted molar refractivity (Wildman–Crippen MR) is 151 cm³/mol. The largest absolute Gasteiger partial charge is 0.508 e. The SMILES string of the molecule is CCC/C(=C\c1ccc(O)cc1Cl)CC[C@H]1OB(O)C[C@H]2C1=C(CO)C[C@H]1C(=O)N(c3ccccc3)C(=O)[C@H]12. The lowest BCUT2D eigenvalue weighted by Gasteiger charge is -2.43. The highest BCUT2D eigenvalue weighted by Gasteiger charge is 2.57. The second kappa shape index (κ2) is 11.7. The van der Waals surface area contributed by atoms with Crippen molar-refractivity contribution < 1.29 is 29.5 Å². The fraction of sp³-hybridized carbons (Fsp3) is 0.400. The Morgan fingerprint density at radius 1 is 1.13 bits per heavy atom. The molecule has 0 unspecified atom stereocenters. The zero-order chi connectivity index (χ0) is 27.7. The number of rotatable bonds is 8. The van der Waals surface area contributed by atoms with Gasteiger partial charge in [0, 0.05) is 0 Å². The lowest BCUT2D eigenvalue weighted by Crippen LogP contribution is -2.46. The van der Waals surface area contributed by atoms with Crippen LogP contribution in [0.15, 0.2) is 65.3 Å². The molecule has 0 aromatic heterocycles. The number of imide groups is 1. The summed E-state index contributed by atoms with van der Waals surface area (Å²) in [5, 5.41) is 31.2. The molecule has 4 atom stereocenters. The number of phenols is 1. The molecule has 7 nitrogen and oxygen atoms in total. The molecular formula is C30H33BClNO6. The number of halogens is 1. The highest BCUT2D eigenvalue weighted by atomic mass is 35.5. The van der Waals surface area contributed by atoms with Crippen LogP contribution in [0.4, 0.5) is 5.69 Å². The van der Waals surface area contributed by atoms with Crippen molar-refractivity contribution in [3.8, 4) is 5.75 Å². The quantitative estimate of drug-likeness (QED) is 0.243. The molecule has 9 heteroatoms. The molecule has 3 N–H and O–H groups in total. The van der Waals surface area contributed by atoms with Gasteiger partial charge in [0.15, 0.2) is 0 Å². The molecule has 0 bridgehead atoms. The average molecular weight is 550 g/mol. The van der Waals surface area contributed by atoms with Gasteiger partial charge in [-0.15, -0.1) is 0 Å². The van der Waals surface area contributed by atoms with Crippen LogP contribution in [0.1, 0.15) is 44.6 Å². The highest BCUT2D eigenvalue weighted by Crippen LogP contribution is 2.51. The van der Waals surface area contributed by atoms with Gasteiger partial charge < -0.3 is 19.9 Å². The lowest BCUT2D eigenvalue weighted by molar-refractivity contribution is -0.122. The smallest absolute Gasteiger partial charge is 0.455 e. The van der Waals surface area contributed by atoms with E-state index in [-0.39, 0.29) is 36.4 Å². The van der Waals surface area contributed by atoms with Crippen LogP contribution in [-0.2, 0) is 14.2 Å². The monoisotopic (exact) mass is 549 g/mol. The predicted octanol–water partition coefficient (Wildman–Crippen LogP) is 5.00. The molecule has 2 heterocycles. The van der Waals surface area contributed by atoms with Gasteiger partial charge in [0.1, 0.15) is 5.75 Å². The van der Waals surface area contributed by atoms with Crippen LogP contribution in [0.3, 0.4) is 0 Å². The van der Waals surface area contributed by atoms with E-state index in [0.29, 0.717) is 30.0 Å². The van der Waals surface area contributed by atoms with Gasteiger partial charge in [-0.2, -0.15) is 0 Å². The Hall–Kier alpha value is -2.91. The van der Waals surface area contributed by atoms with E-state index in [1.54, 1.807) is 36.4 Å². The van der Waals surface area contributed by atoms with E-state index in [9.17, 15) is 24.8 Å². The van der Waals surface area contributed by atoms with E-state index >= 15 is 0 Å². The average Bonchev–Trinajstić information content (AvgIpc) is 3.17. The van der Waals surface area contributed by atoms with E-state index in [4.69, 9.17) is 16.3 Å². The minimum atomic E-state index is -1.07. The second-order valence-electron chi connectivity index (χ2n) is 10.6. The lowest BCUT2D eigenvalue weighted by atomic mass is 9.58. The molecule has 204 valence electrons. The molecule has 39 heavy (non-hydrogen) atoms. The molecule has 2 aromatic rings. The van der Waals surface area contributed by atoms with Crippen molar-refractivity contribution >= 4 is 42.3 Å². The van der Waals surface area contributed by atoms with Crippen molar-refractivity contribution in [2.75, 3.05) is 11.5 Å². The summed E-state index contributed by atoms with van der Waals surface area (Å²) in [6.45, 7) is 1.87. The molecule has 0 spiro atoms. The van der Waals surface area contributed by atoms with Crippen molar-refractivity contribution in [3.63, 3.8) is 0 Å².